The van der Waals surface area contributed by atoms with Crippen LogP contribution in [0, 0.1) is 0 Å². The van der Waals surface area contributed by atoms with Crippen molar-refractivity contribution in [3.05, 3.63) is 166 Å². The van der Waals surface area contributed by atoms with E-state index in [9.17, 15) is 9.59 Å². The molecule has 208 valence electrons. The van der Waals surface area contributed by atoms with E-state index < -0.39 is 0 Å². The second-order valence-electron chi connectivity index (χ2n) is 10.5. The first kappa shape index (κ1) is 29.3. The van der Waals surface area contributed by atoms with Crippen molar-refractivity contribution in [2.45, 2.75) is 46.3 Å². The van der Waals surface area contributed by atoms with Gasteiger partial charge in [-0.25, -0.2) is 9.59 Å². The highest BCUT2D eigenvalue weighted by atomic mass is 16.5. The average molecular weight is 545 g/mol. The maximum Gasteiger partial charge on any atom is 0.333 e. The van der Waals surface area contributed by atoms with Crippen LogP contribution in [0.15, 0.2) is 121 Å². The lowest BCUT2D eigenvalue weighted by Crippen LogP contribution is -2.04. The molecule has 4 heteroatoms. The van der Waals surface area contributed by atoms with E-state index in [0.717, 1.165) is 30.4 Å². The van der Waals surface area contributed by atoms with Gasteiger partial charge in [-0.1, -0.05) is 110 Å². The topological polar surface area (TPSA) is 52.6 Å². The van der Waals surface area contributed by atoms with Crippen LogP contribution in [0.5, 0.6) is 0 Å². The van der Waals surface area contributed by atoms with Crippen molar-refractivity contribution < 1.29 is 19.1 Å². The van der Waals surface area contributed by atoms with Gasteiger partial charge in [0.05, 0.1) is 0 Å². The lowest BCUT2D eigenvalue weighted by atomic mass is 9.98. The highest BCUT2D eigenvalue weighted by molar-refractivity contribution is 5.87. The molecule has 0 unspecified atom stereocenters. The van der Waals surface area contributed by atoms with Gasteiger partial charge in [-0.2, -0.15) is 0 Å². The first-order valence-corrected chi connectivity index (χ1v) is 13.7. The molecule has 0 saturated heterocycles. The Balaban J connectivity index is 1.25. The summed E-state index contributed by atoms with van der Waals surface area (Å²) in [6.07, 6.45) is 2.58. The molecule has 0 aliphatic heterocycles. The summed E-state index contributed by atoms with van der Waals surface area (Å²) in [4.78, 5) is 23.1. The number of rotatable bonds is 12. The highest BCUT2D eigenvalue weighted by Gasteiger charge is 2.06. The van der Waals surface area contributed by atoms with Gasteiger partial charge in [0.2, 0.25) is 0 Å². The van der Waals surface area contributed by atoms with Crippen LogP contribution >= 0.6 is 0 Å². The number of carbonyl (C=O) groups is 2. The lowest BCUT2D eigenvalue weighted by Gasteiger charge is -2.08. The number of hydrogen-bond donors (Lipinski definition) is 0. The highest BCUT2D eigenvalue weighted by Crippen LogP contribution is 2.17. The van der Waals surface area contributed by atoms with Gasteiger partial charge in [-0.15, -0.1) is 0 Å². The molecule has 41 heavy (non-hydrogen) atoms. The zero-order valence-electron chi connectivity index (χ0n) is 23.8. The van der Waals surface area contributed by atoms with Gasteiger partial charge in [-0.3, -0.25) is 0 Å². The van der Waals surface area contributed by atoms with Crippen molar-refractivity contribution in [3.63, 3.8) is 0 Å². The molecule has 0 amide bonds. The fourth-order valence-corrected chi connectivity index (χ4v) is 4.31. The largest absolute Gasteiger partial charge is 0.457 e. The molecule has 0 spiro atoms. The minimum Gasteiger partial charge on any atom is -0.457 e. The number of esters is 2. The third-order valence-electron chi connectivity index (χ3n) is 6.75. The minimum atomic E-state index is -0.367. The Kier molecular flexibility index (Phi) is 10.1. The molecule has 4 aromatic carbocycles. The molecule has 4 aromatic rings. The summed E-state index contributed by atoms with van der Waals surface area (Å²) < 4.78 is 10.4. The summed E-state index contributed by atoms with van der Waals surface area (Å²) in [6.45, 7) is 11.0. The fraction of sp³-hybridized carbons (Fsp3) is 0.189. The summed E-state index contributed by atoms with van der Waals surface area (Å²) in [5.74, 6) is -0.733. The van der Waals surface area contributed by atoms with E-state index in [1.165, 1.54) is 33.4 Å². The van der Waals surface area contributed by atoms with Crippen LogP contribution in [-0.4, -0.2) is 11.9 Å². The normalized spacial score (nSPS) is 10.6. The van der Waals surface area contributed by atoms with E-state index in [1.54, 1.807) is 13.8 Å². The van der Waals surface area contributed by atoms with E-state index in [-0.39, 0.29) is 25.2 Å². The van der Waals surface area contributed by atoms with Crippen molar-refractivity contribution in [3.8, 4) is 0 Å². The molecule has 0 fully saturated rings. The molecule has 0 bridgehead atoms. The van der Waals surface area contributed by atoms with Gasteiger partial charge >= 0.3 is 11.9 Å². The summed E-state index contributed by atoms with van der Waals surface area (Å²) in [5.41, 5.74) is 10.2. The van der Waals surface area contributed by atoms with Crippen LogP contribution in [0.2, 0.25) is 0 Å². The van der Waals surface area contributed by atoms with Crippen molar-refractivity contribution in [2.24, 2.45) is 0 Å². The van der Waals surface area contributed by atoms with E-state index in [0.29, 0.717) is 11.1 Å². The van der Waals surface area contributed by atoms with Gasteiger partial charge in [0.1, 0.15) is 13.2 Å². The van der Waals surface area contributed by atoms with E-state index in [4.69, 9.17) is 9.47 Å². The number of hydrogen-bond acceptors (Lipinski definition) is 4. The predicted octanol–water partition coefficient (Wildman–Crippen LogP) is 7.70. The van der Waals surface area contributed by atoms with Gasteiger partial charge in [0.15, 0.2) is 0 Å². The van der Waals surface area contributed by atoms with Crippen LogP contribution in [0.25, 0.3) is 0 Å². The molecule has 0 aliphatic carbocycles. The van der Waals surface area contributed by atoms with Crippen LogP contribution < -0.4 is 0 Å². The molecule has 4 rings (SSSR count). The number of benzene rings is 4. The molecular formula is C37H36O4. The van der Waals surface area contributed by atoms with Crippen LogP contribution in [0.4, 0.5) is 0 Å². The number of ether oxygens (including phenoxy) is 2. The Hall–Kier alpha value is -4.70. The average Bonchev–Trinajstić information content (AvgIpc) is 2.98. The quantitative estimate of drug-likeness (QED) is 0.135. The maximum atomic E-state index is 11.6. The Morgan fingerprint density at radius 2 is 0.634 bits per heavy atom. The van der Waals surface area contributed by atoms with Gasteiger partial charge in [0.25, 0.3) is 0 Å². The summed E-state index contributed by atoms with van der Waals surface area (Å²) in [7, 11) is 0. The summed E-state index contributed by atoms with van der Waals surface area (Å²) in [6, 6.07) is 33.9. The Bertz CT molecular complexity index is 1380. The molecule has 4 nitrogen and oxygen atoms in total. The van der Waals surface area contributed by atoms with Crippen molar-refractivity contribution >= 4 is 11.9 Å². The van der Waals surface area contributed by atoms with E-state index >= 15 is 0 Å². The van der Waals surface area contributed by atoms with Crippen LogP contribution in [0.1, 0.15) is 58.4 Å². The van der Waals surface area contributed by atoms with Crippen molar-refractivity contribution in [2.75, 3.05) is 0 Å². The minimum absolute atomic E-state index is 0.255. The molecule has 0 saturated carbocycles. The van der Waals surface area contributed by atoms with Gasteiger partial charge < -0.3 is 9.47 Å². The number of carbonyl (C=O) groups excluding carboxylic acids is 2. The second-order valence-corrected chi connectivity index (χ2v) is 10.5. The molecule has 0 heterocycles. The second kappa shape index (κ2) is 14.1. The standard InChI is InChI=1S/C37H36O4/c1-26(2)36(38)40-24-34-17-13-32(14-18-34)22-30-9-5-28(6-10-30)21-29-7-11-31(12-8-29)23-33-15-19-35(20-16-33)25-41-37(39)27(3)4/h5-20H,1,3,21-25H2,2,4H3. The Morgan fingerprint density at radius 3 is 0.829 bits per heavy atom. The zero-order valence-corrected chi connectivity index (χ0v) is 23.8. The van der Waals surface area contributed by atoms with Gasteiger partial charge in [-0.05, 0) is 77.6 Å². The maximum absolute atomic E-state index is 11.6. The Labute approximate surface area is 243 Å². The zero-order chi connectivity index (χ0) is 29.2. The lowest BCUT2D eigenvalue weighted by molar-refractivity contribution is -0.141. The molecule has 0 N–H and O–H groups in total. The SMILES string of the molecule is C=C(C)C(=O)OCc1ccc(Cc2ccc(Cc3ccc(Cc4ccc(COC(=O)C(=C)C)cc4)cc3)cc2)cc1. The predicted molar refractivity (Wildman–Crippen MR) is 163 cm³/mol. The van der Waals surface area contributed by atoms with Crippen LogP contribution in [-0.2, 0) is 51.5 Å². The van der Waals surface area contributed by atoms with Gasteiger partial charge in [0, 0.05) is 11.1 Å². The van der Waals surface area contributed by atoms with Crippen molar-refractivity contribution in [1.82, 2.24) is 0 Å². The third-order valence-corrected chi connectivity index (χ3v) is 6.75. The molecule has 0 aliphatic rings. The molecule has 0 radical (unpaired) electrons. The Morgan fingerprint density at radius 1 is 0.439 bits per heavy atom. The fourth-order valence-electron chi connectivity index (χ4n) is 4.31. The molecule has 0 aromatic heterocycles. The smallest absolute Gasteiger partial charge is 0.333 e. The molecular weight excluding hydrogens is 508 g/mol. The van der Waals surface area contributed by atoms with Crippen LogP contribution in [0.3, 0.4) is 0 Å². The van der Waals surface area contributed by atoms with Crippen molar-refractivity contribution in [1.29, 1.82) is 0 Å². The van der Waals surface area contributed by atoms with E-state index in [1.807, 2.05) is 24.3 Å². The van der Waals surface area contributed by atoms with E-state index in [2.05, 4.69) is 86.0 Å². The monoisotopic (exact) mass is 544 g/mol. The summed E-state index contributed by atoms with van der Waals surface area (Å²) in [5, 5.41) is 0. The third kappa shape index (κ3) is 9.18. The molecule has 0 atom stereocenters. The first-order valence-electron chi connectivity index (χ1n) is 13.7. The first-order chi connectivity index (χ1) is 19.7. The summed E-state index contributed by atoms with van der Waals surface area (Å²) >= 11 is 0.